The molecule has 0 saturated heterocycles. The van der Waals surface area contributed by atoms with E-state index >= 15 is 0 Å². The molecule has 28 heavy (non-hydrogen) atoms. The summed E-state index contributed by atoms with van der Waals surface area (Å²) in [7, 11) is 15.5. The molecule has 3 aromatic rings. The van der Waals surface area contributed by atoms with Crippen LogP contribution in [0.25, 0.3) is 12.2 Å². The molecule has 2 aliphatic rings. The van der Waals surface area contributed by atoms with Gasteiger partial charge in [0.2, 0.25) is 0 Å². The molecule has 0 bridgehead atoms. The van der Waals surface area contributed by atoms with E-state index < -0.39 is 16.2 Å². The van der Waals surface area contributed by atoms with Gasteiger partial charge in [0, 0.05) is 0 Å². The van der Waals surface area contributed by atoms with Crippen LogP contribution in [0.1, 0.15) is 22.3 Å². The van der Waals surface area contributed by atoms with Crippen molar-refractivity contribution in [1.29, 1.82) is 0 Å². The first-order chi connectivity index (χ1) is 13.5. The summed E-state index contributed by atoms with van der Waals surface area (Å²) in [5.74, 6) is 0. The van der Waals surface area contributed by atoms with Gasteiger partial charge >= 0.3 is 176 Å². The molecular weight excluding hydrogens is 461 g/mol. The monoisotopic (exact) mass is 479 g/mol. The van der Waals surface area contributed by atoms with E-state index in [0.29, 0.717) is 0 Å². The molecule has 0 radical (unpaired) electrons. The van der Waals surface area contributed by atoms with Crippen molar-refractivity contribution in [2.75, 3.05) is 0 Å². The Morgan fingerprint density at radius 1 is 0.607 bits per heavy atom. The van der Waals surface area contributed by atoms with Crippen molar-refractivity contribution in [1.82, 2.24) is 0 Å². The van der Waals surface area contributed by atoms with Crippen LogP contribution in [0.5, 0.6) is 0 Å². The van der Waals surface area contributed by atoms with E-state index in [1.807, 2.05) is 6.07 Å². The zero-order valence-corrected chi connectivity index (χ0v) is 19.5. The van der Waals surface area contributed by atoms with Crippen LogP contribution in [0.4, 0.5) is 0 Å². The topological polar surface area (TPSA) is 0 Å². The average molecular weight is 481 g/mol. The van der Waals surface area contributed by atoms with Gasteiger partial charge in [-0.3, -0.25) is 0 Å². The molecule has 0 atom stereocenters. The quantitative estimate of drug-likeness (QED) is 0.410. The van der Waals surface area contributed by atoms with Crippen LogP contribution in [-0.2, 0) is 29.0 Å². The van der Waals surface area contributed by atoms with Crippen LogP contribution in [0.2, 0.25) is 0 Å². The van der Waals surface area contributed by atoms with Crippen LogP contribution in [0, 0.1) is 0 Å². The predicted octanol–water partition coefficient (Wildman–Crippen LogP) is 5.86. The number of benzene rings is 3. The fourth-order valence-electron chi connectivity index (χ4n) is 4.58. The number of hydrogen-bond donors (Lipinski definition) is 0. The molecule has 0 fully saturated rings. The van der Waals surface area contributed by atoms with Crippen LogP contribution < -0.4 is 5.46 Å². The molecule has 5 rings (SSSR count). The van der Waals surface area contributed by atoms with Crippen molar-refractivity contribution >= 4 is 39.5 Å². The Labute approximate surface area is 175 Å². The molecule has 0 aliphatic heterocycles. The van der Waals surface area contributed by atoms with Gasteiger partial charge in [0.15, 0.2) is 0 Å². The summed E-state index contributed by atoms with van der Waals surface area (Å²) in [4.78, 5) is 0.755. The maximum absolute atomic E-state index is 7.76. The van der Waals surface area contributed by atoms with Gasteiger partial charge in [-0.2, -0.15) is 0 Å². The minimum absolute atomic E-state index is 0.755. The van der Waals surface area contributed by atoms with Gasteiger partial charge in [0.05, 0.1) is 0 Å². The van der Waals surface area contributed by atoms with Crippen LogP contribution >= 0.6 is 17.0 Å². The van der Waals surface area contributed by atoms with E-state index in [2.05, 4.69) is 84.9 Å². The fraction of sp³-hybridized carbons (Fsp3) is 0.0833. The van der Waals surface area contributed by atoms with Crippen LogP contribution in [0.3, 0.4) is 0 Å². The Kier molecular flexibility index (Phi) is 4.59. The van der Waals surface area contributed by atoms with Gasteiger partial charge in [-0.25, -0.2) is 0 Å². The maximum atomic E-state index is 7.76. The zero-order valence-electron chi connectivity index (χ0n) is 15.5. The number of fused-ring (bicyclic) bond motifs is 2. The molecule has 0 unspecified atom stereocenters. The predicted molar refractivity (Wildman–Crippen MR) is 121 cm³/mol. The first-order valence-electron chi connectivity index (χ1n) is 9.72. The van der Waals surface area contributed by atoms with Crippen molar-refractivity contribution in [3.8, 4) is 0 Å². The van der Waals surface area contributed by atoms with Crippen molar-refractivity contribution in [2.24, 2.45) is 0 Å². The molecule has 0 heterocycles. The SMILES string of the molecule is [Cl][Zr]([Cl])([BH]c1ccccc1)([C]1=Cc2ccccc2C1)[C]1=Cc2ccccc2C1. The van der Waals surface area contributed by atoms with E-state index in [1.165, 1.54) is 34.3 Å². The van der Waals surface area contributed by atoms with Crippen molar-refractivity contribution in [3.05, 3.63) is 108 Å². The number of allylic oxidation sites excluding steroid dienone is 2. The summed E-state index contributed by atoms with van der Waals surface area (Å²) in [6, 6.07) is 27.6. The van der Waals surface area contributed by atoms with Crippen LogP contribution in [-0.4, -0.2) is 4.82 Å². The molecule has 0 amide bonds. The number of rotatable bonds is 4. The number of halogens is 2. The second-order valence-corrected chi connectivity index (χ2v) is 28.9. The second kappa shape index (κ2) is 6.87. The van der Waals surface area contributed by atoms with E-state index in [4.69, 9.17) is 17.0 Å². The third-order valence-corrected chi connectivity index (χ3v) is 23.8. The fourth-order valence-corrected chi connectivity index (χ4v) is 18.5. The molecule has 0 aromatic heterocycles. The second-order valence-electron chi connectivity index (χ2n) is 7.95. The molecule has 0 spiro atoms. The Balaban J connectivity index is 1.64. The molecule has 0 nitrogen and oxygen atoms in total. The van der Waals surface area contributed by atoms with Gasteiger partial charge < -0.3 is 0 Å². The first-order valence-corrected chi connectivity index (χ1v) is 20.2. The Bertz CT molecular complexity index is 1060. The average Bonchev–Trinajstić information content (AvgIpc) is 3.34. The van der Waals surface area contributed by atoms with Crippen molar-refractivity contribution in [3.63, 3.8) is 0 Å². The third kappa shape index (κ3) is 3.11. The normalized spacial score (nSPS) is 16.4. The molecule has 3 aromatic carbocycles. The first kappa shape index (κ1) is 18.7. The Hall–Kier alpha value is -1.33. The standard InChI is InChI=1S/2C9H7.C6H6B.2ClH.Zr/c2*1-2-5-9-7-3-6-8(9)4-1;7-6-4-2-1-3-5-6;;;/h2*1-2,4-6H,7H2;1-5,7H;2*1H;/q;;+1;;;+1/p-2. The van der Waals surface area contributed by atoms with E-state index in [0.717, 1.165) is 17.7 Å². The van der Waals surface area contributed by atoms with Crippen molar-refractivity contribution < 1.29 is 16.2 Å². The van der Waals surface area contributed by atoms with Gasteiger partial charge in [0.25, 0.3) is 0 Å². The summed E-state index contributed by atoms with van der Waals surface area (Å²) in [6.45, 7) is 0. The summed E-state index contributed by atoms with van der Waals surface area (Å²) in [5.41, 5.74) is 6.44. The van der Waals surface area contributed by atoms with E-state index in [9.17, 15) is 0 Å². The molecule has 0 saturated carbocycles. The van der Waals surface area contributed by atoms with Crippen LogP contribution in [0.15, 0.2) is 85.4 Å². The van der Waals surface area contributed by atoms with Gasteiger partial charge in [-0.1, -0.05) is 0 Å². The van der Waals surface area contributed by atoms with E-state index in [1.54, 1.807) is 0 Å². The summed E-state index contributed by atoms with van der Waals surface area (Å²) < 4.78 is 2.54. The number of hydrogen-bond acceptors (Lipinski definition) is 0. The third-order valence-electron chi connectivity index (χ3n) is 6.15. The molecule has 0 N–H and O–H groups in total. The van der Waals surface area contributed by atoms with Crippen molar-refractivity contribution in [2.45, 2.75) is 12.8 Å². The molecule has 2 aliphatic carbocycles. The summed E-state index contributed by atoms with van der Waals surface area (Å²) >= 11 is -4.48. The summed E-state index contributed by atoms with van der Waals surface area (Å²) in [6.07, 6.45) is 6.31. The molecular formula is C24H20BCl2Zr. The van der Waals surface area contributed by atoms with Gasteiger partial charge in [-0.05, 0) is 0 Å². The van der Waals surface area contributed by atoms with E-state index in [-0.39, 0.29) is 0 Å². The Morgan fingerprint density at radius 3 is 1.57 bits per heavy atom. The summed E-state index contributed by atoms with van der Waals surface area (Å²) in [5, 5.41) is 0. The van der Waals surface area contributed by atoms with Gasteiger partial charge in [0.1, 0.15) is 0 Å². The minimum atomic E-state index is -4.48. The van der Waals surface area contributed by atoms with Gasteiger partial charge in [-0.15, -0.1) is 0 Å². The zero-order chi connectivity index (χ0) is 19.2. The molecule has 4 heteroatoms. The molecule has 137 valence electrons. The Morgan fingerprint density at radius 2 is 1.07 bits per heavy atom.